The first-order valence-electron chi connectivity index (χ1n) is 5.07. The molecule has 0 aromatic heterocycles. The fourth-order valence-corrected chi connectivity index (χ4v) is 1.08. The van der Waals surface area contributed by atoms with Gasteiger partial charge in [-0.1, -0.05) is 17.7 Å². The normalized spacial score (nSPS) is 10.1. The molecule has 1 rings (SSSR count). The maximum atomic E-state index is 11.5. The fourth-order valence-electron chi connectivity index (χ4n) is 1.08. The molecular weight excluding hydrogens is 236 g/mol. The Morgan fingerprint density at radius 2 is 1.67 bits per heavy atom. The quantitative estimate of drug-likeness (QED) is 0.533. The van der Waals surface area contributed by atoms with E-state index in [9.17, 15) is 14.4 Å². The summed E-state index contributed by atoms with van der Waals surface area (Å²) < 4.78 is 0. The van der Waals surface area contributed by atoms with E-state index < -0.39 is 17.8 Å². The molecule has 0 aliphatic heterocycles. The van der Waals surface area contributed by atoms with Crippen LogP contribution in [-0.4, -0.2) is 22.9 Å². The minimum absolute atomic E-state index is 0.392. The van der Waals surface area contributed by atoms with Crippen molar-refractivity contribution < 1.29 is 19.5 Å². The van der Waals surface area contributed by atoms with Crippen LogP contribution in [0.15, 0.2) is 36.4 Å². The molecule has 0 saturated heterocycles. The maximum Gasteiger partial charge on any atom is 0.328 e. The van der Waals surface area contributed by atoms with E-state index in [1.165, 1.54) is 0 Å². The summed E-state index contributed by atoms with van der Waals surface area (Å²) in [6, 6.07) is 6.76. The number of carboxylic acid groups (broad SMARTS) is 1. The lowest BCUT2D eigenvalue weighted by Crippen LogP contribution is -2.40. The number of nitrogens with one attached hydrogen (secondary N) is 2. The molecule has 3 N–H and O–H groups in total. The number of hydrogen-bond donors (Lipinski definition) is 3. The van der Waals surface area contributed by atoms with Gasteiger partial charge in [-0.2, -0.15) is 0 Å². The smallest absolute Gasteiger partial charge is 0.328 e. The van der Waals surface area contributed by atoms with Gasteiger partial charge in [0, 0.05) is 17.7 Å². The van der Waals surface area contributed by atoms with Crippen molar-refractivity contribution >= 4 is 17.8 Å². The summed E-state index contributed by atoms with van der Waals surface area (Å²) in [5.41, 5.74) is 5.63. The summed E-state index contributed by atoms with van der Waals surface area (Å²) in [6.07, 6.45) is 1.48. The van der Waals surface area contributed by atoms with Gasteiger partial charge in [-0.15, -0.1) is 0 Å². The molecule has 0 atom stereocenters. The molecule has 0 radical (unpaired) electrons. The van der Waals surface area contributed by atoms with E-state index in [-0.39, 0.29) is 0 Å². The Hall–Kier alpha value is -2.63. The third kappa shape index (κ3) is 4.48. The number of hydrazine groups is 1. The summed E-state index contributed by atoms with van der Waals surface area (Å²) in [4.78, 5) is 32.7. The van der Waals surface area contributed by atoms with Crippen molar-refractivity contribution in [1.29, 1.82) is 0 Å². The number of aliphatic carboxylic acids is 1. The number of aryl methyl sites for hydroxylation is 1. The fraction of sp³-hybridized carbons (Fsp3) is 0.0833. The first-order valence-corrected chi connectivity index (χ1v) is 5.07. The third-order valence-electron chi connectivity index (χ3n) is 1.99. The second-order valence-electron chi connectivity index (χ2n) is 3.48. The van der Waals surface area contributed by atoms with Gasteiger partial charge in [0.2, 0.25) is 0 Å². The monoisotopic (exact) mass is 248 g/mol. The average molecular weight is 248 g/mol. The van der Waals surface area contributed by atoms with Crippen LogP contribution in [0.2, 0.25) is 0 Å². The van der Waals surface area contributed by atoms with E-state index in [1.807, 2.05) is 6.92 Å². The highest BCUT2D eigenvalue weighted by Gasteiger charge is 2.05. The summed E-state index contributed by atoms with van der Waals surface area (Å²) in [5.74, 6) is -2.44. The zero-order valence-corrected chi connectivity index (χ0v) is 9.64. The Morgan fingerprint density at radius 1 is 1.06 bits per heavy atom. The van der Waals surface area contributed by atoms with Gasteiger partial charge in [-0.25, -0.2) is 4.79 Å². The van der Waals surface area contributed by atoms with Crippen LogP contribution in [0.4, 0.5) is 0 Å². The van der Waals surface area contributed by atoms with Gasteiger partial charge in [-0.3, -0.25) is 20.4 Å². The van der Waals surface area contributed by atoms with Crippen molar-refractivity contribution in [2.45, 2.75) is 6.92 Å². The van der Waals surface area contributed by atoms with E-state index in [1.54, 1.807) is 24.3 Å². The number of carbonyl (C=O) groups is 3. The van der Waals surface area contributed by atoms with Crippen molar-refractivity contribution in [2.75, 3.05) is 0 Å². The van der Waals surface area contributed by atoms with E-state index in [4.69, 9.17) is 5.11 Å². The van der Waals surface area contributed by atoms with Gasteiger partial charge in [0.25, 0.3) is 11.8 Å². The van der Waals surface area contributed by atoms with Crippen LogP contribution in [-0.2, 0) is 9.59 Å². The van der Waals surface area contributed by atoms with Crippen LogP contribution in [0, 0.1) is 6.92 Å². The van der Waals surface area contributed by atoms with Crippen molar-refractivity contribution in [3.8, 4) is 0 Å². The Kier molecular flexibility index (Phi) is 4.62. The number of hydrogen-bond acceptors (Lipinski definition) is 3. The van der Waals surface area contributed by atoms with Crippen molar-refractivity contribution in [1.82, 2.24) is 10.9 Å². The molecule has 0 fully saturated rings. The largest absolute Gasteiger partial charge is 0.478 e. The lowest BCUT2D eigenvalue weighted by molar-refractivity contribution is -0.131. The van der Waals surface area contributed by atoms with E-state index in [2.05, 4.69) is 10.9 Å². The Bertz CT molecular complexity index is 491. The molecule has 94 valence electrons. The molecule has 18 heavy (non-hydrogen) atoms. The number of benzene rings is 1. The summed E-state index contributed by atoms with van der Waals surface area (Å²) in [5, 5.41) is 8.29. The van der Waals surface area contributed by atoms with Gasteiger partial charge in [0.15, 0.2) is 0 Å². The first-order chi connectivity index (χ1) is 8.49. The molecule has 0 saturated carbocycles. The number of amides is 2. The standard InChI is InChI=1S/C12H12N2O4/c1-8-2-4-9(5-3-8)12(18)14-13-10(15)6-7-11(16)17/h2-7H,1H3,(H,13,15)(H,14,18)(H,16,17)/b7-6-. The molecule has 0 heterocycles. The molecule has 6 nitrogen and oxygen atoms in total. The minimum atomic E-state index is -1.24. The van der Waals surface area contributed by atoms with E-state index in [0.717, 1.165) is 11.6 Å². The zero-order valence-electron chi connectivity index (χ0n) is 9.64. The van der Waals surface area contributed by atoms with Gasteiger partial charge < -0.3 is 5.11 Å². The molecule has 0 unspecified atom stereocenters. The average Bonchev–Trinajstić information content (AvgIpc) is 2.34. The highest BCUT2D eigenvalue weighted by Crippen LogP contribution is 2.02. The van der Waals surface area contributed by atoms with Crippen LogP contribution in [0.1, 0.15) is 15.9 Å². The lowest BCUT2D eigenvalue weighted by atomic mass is 10.1. The Morgan fingerprint density at radius 3 is 2.22 bits per heavy atom. The van der Waals surface area contributed by atoms with Crippen LogP contribution in [0.25, 0.3) is 0 Å². The second kappa shape index (κ2) is 6.19. The van der Waals surface area contributed by atoms with E-state index >= 15 is 0 Å². The summed E-state index contributed by atoms with van der Waals surface area (Å²) in [6.45, 7) is 1.89. The van der Waals surface area contributed by atoms with Gasteiger partial charge in [0.05, 0.1) is 0 Å². The van der Waals surface area contributed by atoms with Gasteiger partial charge >= 0.3 is 5.97 Å². The van der Waals surface area contributed by atoms with Gasteiger partial charge in [-0.05, 0) is 19.1 Å². The molecule has 0 aliphatic carbocycles. The maximum absolute atomic E-state index is 11.5. The first kappa shape index (κ1) is 13.4. The zero-order chi connectivity index (χ0) is 13.5. The molecule has 6 heteroatoms. The predicted octanol–water partition coefficient (Wildman–Crippen LogP) is 0.397. The Balaban J connectivity index is 2.49. The number of rotatable bonds is 3. The van der Waals surface area contributed by atoms with Crippen LogP contribution < -0.4 is 10.9 Å². The molecule has 1 aromatic rings. The van der Waals surface area contributed by atoms with Gasteiger partial charge in [0.1, 0.15) is 0 Å². The summed E-state index contributed by atoms with van der Waals surface area (Å²) in [7, 11) is 0. The molecule has 0 bridgehead atoms. The summed E-state index contributed by atoms with van der Waals surface area (Å²) >= 11 is 0. The van der Waals surface area contributed by atoms with Crippen molar-refractivity contribution in [3.05, 3.63) is 47.5 Å². The van der Waals surface area contributed by atoms with Crippen LogP contribution in [0.5, 0.6) is 0 Å². The highest BCUT2D eigenvalue weighted by atomic mass is 16.4. The molecule has 0 spiro atoms. The minimum Gasteiger partial charge on any atom is -0.478 e. The number of carbonyl (C=O) groups excluding carboxylic acids is 2. The van der Waals surface area contributed by atoms with Crippen molar-refractivity contribution in [2.24, 2.45) is 0 Å². The van der Waals surface area contributed by atoms with Crippen LogP contribution >= 0.6 is 0 Å². The van der Waals surface area contributed by atoms with Crippen LogP contribution in [0.3, 0.4) is 0 Å². The second-order valence-corrected chi connectivity index (χ2v) is 3.48. The number of carboxylic acids is 1. The topological polar surface area (TPSA) is 95.5 Å². The Labute approximate surface area is 103 Å². The molecule has 1 aromatic carbocycles. The molecule has 0 aliphatic rings. The van der Waals surface area contributed by atoms with E-state index in [0.29, 0.717) is 11.6 Å². The SMILES string of the molecule is Cc1ccc(C(=O)NNC(=O)/C=C\C(=O)O)cc1. The predicted molar refractivity (Wildman–Crippen MR) is 63.6 cm³/mol. The lowest BCUT2D eigenvalue weighted by Gasteiger charge is -2.05. The highest BCUT2D eigenvalue weighted by molar-refractivity contribution is 5.98. The molecule has 2 amide bonds. The third-order valence-corrected chi connectivity index (χ3v) is 1.99. The van der Waals surface area contributed by atoms with Crippen molar-refractivity contribution in [3.63, 3.8) is 0 Å². The molecular formula is C12H12N2O4.